The van der Waals surface area contributed by atoms with Gasteiger partial charge in [0.15, 0.2) is 5.13 Å². The van der Waals surface area contributed by atoms with Crippen LogP contribution in [0.2, 0.25) is 0 Å². The van der Waals surface area contributed by atoms with Crippen molar-refractivity contribution in [1.29, 1.82) is 0 Å². The van der Waals surface area contributed by atoms with E-state index in [4.69, 9.17) is 32.5 Å². The monoisotopic (exact) mass is 558 g/mol. The van der Waals surface area contributed by atoms with Crippen LogP contribution < -0.4 is 5.32 Å². The number of aliphatic imine (C=N–C) groups is 1. The lowest BCUT2D eigenvalue weighted by atomic mass is 9.92. The Kier molecular flexibility index (Phi) is 7.34. The normalized spacial score (nSPS) is 23.8. The maximum Gasteiger partial charge on any atom is 0.346 e. The van der Waals surface area contributed by atoms with Crippen LogP contribution in [0.1, 0.15) is 77.9 Å². The SMILES string of the molecule is O=C(/N=C\CC(OCc1c(C2C(Cl)=CC=CC2Cl)noc1C1CC1)C1CC1)Nc1nc2c(s1)C=CCC2. The van der Waals surface area contributed by atoms with Crippen molar-refractivity contribution in [3.63, 3.8) is 0 Å². The van der Waals surface area contributed by atoms with Crippen LogP contribution in [0.5, 0.6) is 0 Å². The van der Waals surface area contributed by atoms with E-state index < -0.39 is 6.03 Å². The minimum atomic E-state index is -0.415. The first-order chi connectivity index (χ1) is 18.1. The molecule has 7 nitrogen and oxygen atoms in total. The van der Waals surface area contributed by atoms with Crippen LogP contribution in [0.4, 0.5) is 9.93 Å². The number of aromatic nitrogens is 2. The van der Waals surface area contributed by atoms with E-state index in [1.165, 1.54) is 11.3 Å². The van der Waals surface area contributed by atoms with Gasteiger partial charge in [0.05, 0.1) is 40.3 Å². The Labute approximate surface area is 229 Å². The molecule has 3 unspecified atom stereocenters. The summed E-state index contributed by atoms with van der Waals surface area (Å²) in [6, 6.07) is -0.415. The van der Waals surface area contributed by atoms with E-state index in [1.807, 2.05) is 18.2 Å². The van der Waals surface area contributed by atoms with Crippen molar-refractivity contribution in [1.82, 2.24) is 10.1 Å². The first kappa shape index (κ1) is 25.0. The number of aryl methyl sites for hydroxylation is 1. The molecule has 10 heteroatoms. The lowest BCUT2D eigenvalue weighted by Crippen LogP contribution is -2.19. The third kappa shape index (κ3) is 5.77. The fraction of sp³-hybridized carbons (Fsp3) is 0.481. The zero-order valence-electron chi connectivity index (χ0n) is 20.2. The molecule has 2 saturated carbocycles. The number of hydrogen-bond donors (Lipinski definition) is 1. The highest BCUT2D eigenvalue weighted by Gasteiger charge is 2.38. The molecule has 0 aliphatic heterocycles. The molecule has 0 aromatic carbocycles. The Morgan fingerprint density at radius 2 is 2.22 bits per heavy atom. The lowest BCUT2D eigenvalue weighted by Gasteiger charge is -2.22. The molecular weight excluding hydrogens is 531 g/mol. The molecule has 6 rings (SSSR count). The molecule has 2 aromatic rings. The number of ether oxygens (including phenoxy) is 1. The quantitative estimate of drug-likeness (QED) is 0.257. The summed E-state index contributed by atoms with van der Waals surface area (Å²) >= 11 is 14.6. The molecule has 4 aliphatic rings. The number of nitrogens with zero attached hydrogens (tertiary/aromatic N) is 3. The highest BCUT2D eigenvalue weighted by molar-refractivity contribution is 7.16. The van der Waals surface area contributed by atoms with Crippen molar-refractivity contribution in [3.8, 4) is 0 Å². The minimum absolute atomic E-state index is 0.0345. The molecule has 37 heavy (non-hydrogen) atoms. The van der Waals surface area contributed by atoms with Gasteiger partial charge < -0.3 is 9.26 Å². The van der Waals surface area contributed by atoms with Crippen LogP contribution in [0.25, 0.3) is 6.08 Å². The van der Waals surface area contributed by atoms with E-state index in [-0.39, 0.29) is 17.4 Å². The van der Waals surface area contributed by atoms with Gasteiger partial charge in [-0.25, -0.2) is 14.8 Å². The van der Waals surface area contributed by atoms with Crippen LogP contribution in [0.15, 0.2) is 38.9 Å². The van der Waals surface area contributed by atoms with Gasteiger partial charge in [-0.05, 0) is 56.6 Å². The van der Waals surface area contributed by atoms with Crippen molar-refractivity contribution >= 4 is 58.0 Å². The highest BCUT2D eigenvalue weighted by atomic mass is 35.5. The molecule has 0 bridgehead atoms. The number of carbonyl (C=O) groups is 1. The molecule has 2 fully saturated rings. The van der Waals surface area contributed by atoms with Gasteiger partial charge in [0.2, 0.25) is 0 Å². The van der Waals surface area contributed by atoms with Gasteiger partial charge in [-0.3, -0.25) is 5.32 Å². The van der Waals surface area contributed by atoms with Crippen molar-refractivity contribution in [2.24, 2.45) is 10.9 Å². The Hall–Kier alpha value is -2.26. The predicted octanol–water partition coefficient (Wildman–Crippen LogP) is 7.34. The van der Waals surface area contributed by atoms with Gasteiger partial charge in [-0.15, -0.1) is 11.6 Å². The summed E-state index contributed by atoms with van der Waals surface area (Å²) in [7, 11) is 0. The molecule has 2 heterocycles. The number of thiazole rings is 1. The van der Waals surface area contributed by atoms with Crippen molar-refractivity contribution in [3.05, 3.63) is 56.9 Å². The second kappa shape index (κ2) is 10.8. The first-order valence-corrected chi connectivity index (χ1v) is 14.5. The third-order valence-corrected chi connectivity index (χ3v) is 8.89. The number of nitrogens with one attached hydrogen (secondary N) is 1. The van der Waals surface area contributed by atoms with Gasteiger partial charge in [-0.1, -0.05) is 46.3 Å². The summed E-state index contributed by atoms with van der Waals surface area (Å²) < 4.78 is 12.2. The van der Waals surface area contributed by atoms with Crippen LogP contribution in [-0.4, -0.2) is 33.9 Å². The molecule has 3 atom stereocenters. The summed E-state index contributed by atoms with van der Waals surface area (Å²) in [6.45, 7) is 0.373. The largest absolute Gasteiger partial charge is 0.373 e. The van der Waals surface area contributed by atoms with E-state index >= 15 is 0 Å². The van der Waals surface area contributed by atoms with E-state index in [0.29, 0.717) is 35.0 Å². The molecule has 0 spiro atoms. The molecule has 194 valence electrons. The lowest BCUT2D eigenvalue weighted by molar-refractivity contribution is 0.0304. The molecule has 0 radical (unpaired) electrons. The van der Waals surface area contributed by atoms with Gasteiger partial charge >= 0.3 is 6.03 Å². The Morgan fingerprint density at radius 3 is 2.97 bits per heavy atom. The van der Waals surface area contributed by atoms with Gasteiger partial charge in [-0.2, -0.15) is 0 Å². The molecule has 2 amide bonds. The maximum absolute atomic E-state index is 12.4. The standard InChI is InChI=1S/C27H28Cl2N4O3S/c28-18-4-3-5-19(29)23(18)24-17(25(36-33-24)16-10-11-16)14-35-21(15-8-9-15)12-13-30-26(34)32-27-31-20-6-1-2-7-22(20)37-27/h2-5,7,13,15-16,18,21,23H,1,6,8-12,14H2,(H,31,32,34)/b30-13-. The second-order valence-corrected chi connectivity index (χ2v) is 11.9. The highest BCUT2D eigenvalue weighted by Crippen LogP contribution is 2.46. The Morgan fingerprint density at radius 1 is 1.35 bits per heavy atom. The number of hydrogen-bond acceptors (Lipinski definition) is 6. The molecule has 0 saturated heterocycles. The Balaban J connectivity index is 1.10. The molecular formula is C27H28Cl2N4O3S. The van der Waals surface area contributed by atoms with Crippen molar-refractivity contribution in [2.45, 2.75) is 74.9 Å². The van der Waals surface area contributed by atoms with Gasteiger partial charge in [0, 0.05) is 29.1 Å². The number of rotatable bonds is 9. The summed E-state index contributed by atoms with van der Waals surface area (Å²) in [5, 5.41) is 8.13. The fourth-order valence-corrected chi connectivity index (χ4v) is 6.50. The Bertz CT molecular complexity index is 1290. The summed E-state index contributed by atoms with van der Waals surface area (Å²) in [4.78, 5) is 22.1. The number of fused-ring (bicyclic) bond motifs is 1. The topological polar surface area (TPSA) is 89.6 Å². The van der Waals surface area contributed by atoms with Crippen LogP contribution in [-0.2, 0) is 17.8 Å². The van der Waals surface area contributed by atoms with Crippen molar-refractivity contribution in [2.75, 3.05) is 5.32 Å². The first-order valence-electron chi connectivity index (χ1n) is 12.8. The molecule has 1 N–H and O–H groups in total. The van der Waals surface area contributed by atoms with E-state index in [0.717, 1.165) is 66.1 Å². The molecule has 4 aliphatic carbocycles. The average Bonchev–Trinajstić information content (AvgIpc) is 3.81. The fourth-order valence-electron chi connectivity index (χ4n) is 4.85. The summed E-state index contributed by atoms with van der Waals surface area (Å²) in [6.07, 6.45) is 18.3. The van der Waals surface area contributed by atoms with Crippen molar-refractivity contribution < 1.29 is 14.1 Å². The summed E-state index contributed by atoms with van der Waals surface area (Å²) in [5.41, 5.74) is 2.76. The molecule has 2 aromatic heterocycles. The summed E-state index contributed by atoms with van der Waals surface area (Å²) in [5.74, 6) is 1.48. The maximum atomic E-state index is 12.4. The zero-order chi connectivity index (χ0) is 25.4. The van der Waals surface area contributed by atoms with E-state index in [9.17, 15) is 4.79 Å². The number of halogens is 2. The number of amides is 2. The second-order valence-electron chi connectivity index (χ2n) is 9.98. The van der Waals surface area contributed by atoms with Gasteiger partial charge in [0.1, 0.15) is 5.76 Å². The zero-order valence-corrected chi connectivity index (χ0v) is 22.6. The van der Waals surface area contributed by atoms with Crippen LogP contribution in [0.3, 0.4) is 0 Å². The van der Waals surface area contributed by atoms with E-state index in [2.05, 4.69) is 32.6 Å². The number of carbonyl (C=O) groups excluding carboxylic acids is 1. The van der Waals surface area contributed by atoms with Crippen LogP contribution in [0, 0.1) is 5.92 Å². The van der Waals surface area contributed by atoms with Gasteiger partial charge in [0.25, 0.3) is 0 Å². The smallest absolute Gasteiger partial charge is 0.346 e. The average molecular weight is 560 g/mol. The number of alkyl halides is 1. The number of urea groups is 1. The minimum Gasteiger partial charge on any atom is -0.373 e. The number of allylic oxidation sites excluding steroid dienone is 5. The van der Waals surface area contributed by atoms with Crippen LogP contribution >= 0.6 is 34.5 Å². The van der Waals surface area contributed by atoms with E-state index in [1.54, 1.807) is 6.21 Å². The third-order valence-electron chi connectivity index (χ3n) is 7.15. The predicted molar refractivity (Wildman–Crippen MR) is 147 cm³/mol. The number of anilines is 1.